The minimum absolute atomic E-state index is 0.0424. The van der Waals surface area contributed by atoms with Gasteiger partial charge >= 0.3 is 5.97 Å². The van der Waals surface area contributed by atoms with Crippen LogP contribution in [0.5, 0.6) is 23.0 Å². The summed E-state index contributed by atoms with van der Waals surface area (Å²) < 4.78 is 23.1. The summed E-state index contributed by atoms with van der Waals surface area (Å²) in [6.07, 6.45) is -0.798. The first kappa shape index (κ1) is 41.1. The minimum atomic E-state index is -1.67. The monoisotopic (exact) mass is 878 g/mol. The van der Waals surface area contributed by atoms with Crippen molar-refractivity contribution in [2.24, 2.45) is 5.92 Å². The molecule has 6 atom stereocenters. The molecule has 5 aliphatic rings. The largest absolute Gasteiger partial charge is 0.508 e. The average molecular weight is 879 g/mol. The van der Waals surface area contributed by atoms with Crippen molar-refractivity contribution in [1.29, 1.82) is 0 Å². The first-order valence-electron chi connectivity index (χ1n) is 22.2. The second-order valence-corrected chi connectivity index (χ2v) is 17.3. The van der Waals surface area contributed by atoms with Gasteiger partial charge in [-0.25, -0.2) is 0 Å². The Morgan fingerprint density at radius 3 is 2.15 bits per heavy atom. The van der Waals surface area contributed by atoms with E-state index in [1.54, 1.807) is 31.4 Å². The Balaban J connectivity index is 1.06. The zero-order chi connectivity index (χ0) is 44.9. The van der Waals surface area contributed by atoms with Crippen molar-refractivity contribution in [3.05, 3.63) is 185 Å². The molecule has 5 heterocycles. The number of ether oxygens (including phenoxy) is 4. The van der Waals surface area contributed by atoms with Gasteiger partial charge in [-0.2, -0.15) is 0 Å². The maximum atomic E-state index is 16.0. The van der Waals surface area contributed by atoms with E-state index in [9.17, 15) is 5.11 Å². The number of nitrogens with one attached hydrogen (secondary N) is 1. The molecule has 0 unspecified atom stereocenters. The highest BCUT2D eigenvalue weighted by Crippen LogP contribution is 2.65. The number of fused-ring (bicyclic) bond motifs is 4. The van der Waals surface area contributed by atoms with Crippen LogP contribution in [0.15, 0.2) is 146 Å². The third-order valence-corrected chi connectivity index (χ3v) is 13.8. The second kappa shape index (κ2) is 16.8. The van der Waals surface area contributed by atoms with E-state index in [4.69, 9.17) is 18.9 Å². The third kappa shape index (κ3) is 6.99. The number of anilines is 1. The molecular formula is C54H46N4O8. The fraction of sp³-hybridized carbons (Fsp3) is 0.241. The zero-order valence-electron chi connectivity index (χ0n) is 36.1. The van der Waals surface area contributed by atoms with Crippen molar-refractivity contribution >= 4 is 23.5 Å². The van der Waals surface area contributed by atoms with Gasteiger partial charge in [-0.3, -0.25) is 24.2 Å². The van der Waals surface area contributed by atoms with Crippen molar-refractivity contribution < 1.29 is 38.4 Å². The standard InChI is InChI=1S/C54H46N4O8/c1-63-41-22-14-34(15-23-41)12-13-35-16-24-43-42(30-35)54(53(62)55-43)46(51(60)57-28-26-56(27-29-57)32-36-17-25-44-45(31-36)65-33-64-44)48-52(61)66-49(38-10-6-3-7-11-38)47(37-8-4-2-5-9-37)58(48)50(54)39-18-20-40(59)21-19-39/h2-11,14-25,30-31,46-50,59H,26-29,32-33H2,1H3,(H,55,62)/t46-,47-,48-,49+,50+,54-/m0/s1. The number of hydrogen-bond acceptors (Lipinski definition) is 10. The first-order valence-corrected chi connectivity index (χ1v) is 22.2. The summed E-state index contributed by atoms with van der Waals surface area (Å²) in [7, 11) is 1.61. The number of rotatable bonds is 7. The van der Waals surface area contributed by atoms with Crippen LogP contribution in [0, 0.1) is 17.8 Å². The molecule has 6 aromatic carbocycles. The molecule has 0 bridgehead atoms. The van der Waals surface area contributed by atoms with E-state index in [2.05, 4.69) is 27.0 Å². The molecule has 3 fully saturated rings. The lowest BCUT2D eigenvalue weighted by molar-refractivity contribution is -0.179. The normalized spacial score (nSPS) is 24.2. The van der Waals surface area contributed by atoms with Gasteiger partial charge in [0.1, 0.15) is 29.1 Å². The van der Waals surface area contributed by atoms with Crippen molar-refractivity contribution in [1.82, 2.24) is 14.7 Å². The lowest BCUT2D eigenvalue weighted by Crippen LogP contribution is -2.58. The molecule has 11 rings (SSSR count). The Morgan fingerprint density at radius 1 is 0.742 bits per heavy atom. The Bertz CT molecular complexity index is 2890. The summed E-state index contributed by atoms with van der Waals surface area (Å²) >= 11 is 0. The number of esters is 1. The molecule has 0 aliphatic carbocycles. The molecule has 2 amide bonds. The number of cyclic esters (lactones) is 1. The molecule has 2 N–H and O–H groups in total. The number of carbonyl (C=O) groups excluding carboxylic acids is 3. The molecule has 12 nitrogen and oxygen atoms in total. The highest BCUT2D eigenvalue weighted by Gasteiger charge is 2.74. The summed E-state index contributed by atoms with van der Waals surface area (Å²) in [6.45, 7) is 2.72. The fourth-order valence-electron chi connectivity index (χ4n) is 10.7. The Morgan fingerprint density at radius 2 is 1.42 bits per heavy atom. The van der Waals surface area contributed by atoms with Crippen LogP contribution in [0.2, 0.25) is 0 Å². The SMILES string of the molecule is COc1ccc(C#Cc2ccc3c(c2)[C@]2(C(=O)N3)[C@H](C(=O)N3CCN(Cc4ccc5c(c4)OCO5)CC3)[C@H]3C(=O)O[C@H](c4ccccc4)[C@H](c4ccccc4)N3[C@@H]2c2ccc(O)cc2)cc1. The predicted molar refractivity (Wildman–Crippen MR) is 245 cm³/mol. The molecule has 3 saturated heterocycles. The summed E-state index contributed by atoms with van der Waals surface area (Å²) in [5.41, 5.74) is 4.17. The summed E-state index contributed by atoms with van der Waals surface area (Å²) in [6, 6.07) is 42.4. The molecule has 5 aliphatic heterocycles. The van der Waals surface area contributed by atoms with E-state index < -0.39 is 47.4 Å². The van der Waals surface area contributed by atoms with E-state index in [1.165, 1.54) is 0 Å². The average Bonchev–Trinajstić information content (AvgIpc) is 4.04. The van der Waals surface area contributed by atoms with Crippen molar-refractivity contribution in [2.75, 3.05) is 45.4 Å². The topological polar surface area (TPSA) is 130 Å². The van der Waals surface area contributed by atoms with Gasteiger partial charge in [0.15, 0.2) is 11.5 Å². The van der Waals surface area contributed by atoms with E-state index in [0.29, 0.717) is 66.6 Å². The Hall–Kier alpha value is -7.59. The molecule has 6 aromatic rings. The van der Waals surface area contributed by atoms with Gasteiger partial charge in [-0.15, -0.1) is 0 Å². The zero-order valence-corrected chi connectivity index (χ0v) is 36.1. The number of morpholine rings is 1. The smallest absolute Gasteiger partial charge is 0.324 e. The molecule has 66 heavy (non-hydrogen) atoms. The molecule has 1 spiro atoms. The number of piperazine rings is 1. The fourth-order valence-corrected chi connectivity index (χ4v) is 10.7. The minimum Gasteiger partial charge on any atom is -0.508 e. The number of carbonyl (C=O) groups is 3. The molecule has 0 saturated carbocycles. The van der Waals surface area contributed by atoms with Crippen LogP contribution in [0.1, 0.15) is 57.1 Å². The van der Waals surface area contributed by atoms with Gasteiger partial charge in [0.05, 0.1) is 25.1 Å². The number of phenols is 1. The van der Waals surface area contributed by atoms with Gasteiger partial charge in [-0.05, 0) is 94.5 Å². The van der Waals surface area contributed by atoms with Gasteiger partial charge in [0, 0.05) is 49.5 Å². The van der Waals surface area contributed by atoms with Crippen LogP contribution < -0.4 is 19.5 Å². The summed E-state index contributed by atoms with van der Waals surface area (Å²) in [4.78, 5) is 53.1. The lowest BCUT2D eigenvalue weighted by atomic mass is 9.65. The van der Waals surface area contributed by atoms with Crippen LogP contribution in [0.25, 0.3) is 0 Å². The van der Waals surface area contributed by atoms with Crippen molar-refractivity contribution in [2.45, 2.75) is 36.2 Å². The van der Waals surface area contributed by atoms with Gasteiger partial charge in [0.25, 0.3) is 0 Å². The third-order valence-electron chi connectivity index (χ3n) is 13.8. The molecule has 0 aromatic heterocycles. The predicted octanol–water partition coefficient (Wildman–Crippen LogP) is 7.14. The van der Waals surface area contributed by atoms with Gasteiger partial charge < -0.3 is 34.3 Å². The highest BCUT2D eigenvalue weighted by atomic mass is 16.7. The quantitative estimate of drug-likeness (QED) is 0.126. The van der Waals surface area contributed by atoms with E-state index in [1.807, 2.05) is 126 Å². The van der Waals surface area contributed by atoms with Crippen molar-refractivity contribution in [3.8, 4) is 34.8 Å². The van der Waals surface area contributed by atoms with E-state index in [0.717, 1.165) is 28.0 Å². The Kier molecular flexibility index (Phi) is 10.4. The maximum absolute atomic E-state index is 16.0. The van der Waals surface area contributed by atoms with Crippen LogP contribution in [-0.4, -0.2) is 83.7 Å². The molecule has 330 valence electrons. The molecule has 0 radical (unpaired) electrons. The number of nitrogens with zero attached hydrogens (tertiary/aromatic N) is 3. The molecular weight excluding hydrogens is 833 g/mol. The molecule has 12 heteroatoms. The van der Waals surface area contributed by atoms with Crippen LogP contribution >= 0.6 is 0 Å². The van der Waals surface area contributed by atoms with Crippen LogP contribution in [0.4, 0.5) is 5.69 Å². The highest BCUT2D eigenvalue weighted by molar-refractivity contribution is 6.12. The van der Waals surface area contributed by atoms with Crippen LogP contribution in [-0.2, 0) is 31.1 Å². The number of phenolic OH excluding ortho intramolecular Hbond substituents is 1. The van der Waals surface area contributed by atoms with Gasteiger partial charge in [-0.1, -0.05) is 90.7 Å². The first-order chi connectivity index (χ1) is 32.3. The van der Waals surface area contributed by atoms with E-state index in [-0.39, 0.29) is 18.4 Å². The summed E-state index contributed by atoms with van der Waals surface area (Å²) in [5.74, 6) is 6.22. The van der Waals surface area contributed by atoms with Gasteiger partial charge in [0.2, 0.25) is 18.6 Å². The number of hydrogen-bond donors (Lipinski definition) is 2. The van der Waals surface area contributed by atoms with Crippen molar-refractivity contribution in [3.63, 3.8) is 0 Å². The number of amides is 2. The number of benzene rings is 6. The maximum Gasteiger partial charge on any atom is 0.324 e. The second-order valence-electron chi connectivity index (χ2n) is 17.3. The lowest BCUT2D eigenvalue weighted by Gasteiger charge is -2.46. The summed E-state index contributed by atoms with van der Waals surface area (Å²) in [5, 5.41) is 13.9. The van der Waals surface area contributed by atoms with E-state index >= 15 is 14.4 Å². The number of methoxy groups -OCH3 is 1. The number of aromatic hydroxyl groups is 1. The van der Waals surface area contributed by atoms with Crippen LogP contribution in [0.3, 0.4) is 0 Å². The Labute approximate surface area is 382 Å².